The first-order valence-corrected chi connectivity index (χ1v) is 4.91. The van der Waals surface area contributed by atoms with Crippen LogP contribution in [-0.2, 0) is 6.54 Å². The molecule has 0 saturated heterocycles. The van der Waals surface area contributed by atoms with Crippen LogP contribution in [0.5, 0.6) is 0 Å². The minimum absolute atomic E-state index is 0.278. The number of rotatable bonds is 7. The Labute approximate surface area is 84.3 Å². The molecule has 0 aliphatic carbocycles. The SMILES string of the molecule is C[C@@H](O)CNCCNCc1ccco1. The van der Waals surface area contributed by atoms with Crippen molar-refractivity contribution >= 4 is 0 Å². The van der Waals surface area contributed by atoms with Gasteiger partial charge < -0.3 is 20.2 Å². The van der Waals surface area contributed by atoms with Gasteiger partial charge in [0, 0.05) is 19.6 Å². The van der Waals surface area contributed by atoms with Crippen LogP contribution in [0.2, 0.25) is 0 Å². The molecule has 0 fully saturated rings. The molecule has 0 saturated carbocycles. The van der Waals surface area contributed by atoms with Gasteiger partial charge in [-0.05, 0) is 19.1 Å². The lowest BCUT2D eigenvalue weighted by Gasteiger charge is -2.06. The molecule has 1 heterocycles. The zero-order chi connectivity index (χ0) is 10.2. The lowest BCUT2D eigenvalue weighted by molar-refractivity contribution is 0.191. The van der Waals surface area contributed by atoms with E-state index < -0.39 is 0 Å². The molecule has 4 heteroatoms. The van der Waals surface area contributed by atoms with Crippen LogP contribution in [0.3, 0.4) is 0 Å². The van der Waals surface area contributed by atoms with E-state index in [1.165, 1.54) is 0 Å². The fraction of sp³-hybridized carbons (Fsp3) is 0.600. The van der Waals surface area contributed by atoms with Crippen LogP contribution in [0.4, 0.5) is 0 Å². The van der Waals surface area contributed by atoms with E-state index in [1.54, 1.807) is 13.2 Å². The zero-order valence-corrected chi connectivity index (χ0v) is 8.49. The molecule has 0 bridgehead atoms. The average molecular weight is 198 g/mol. The molecule has 1 aromatic heterocycles. The highest BCUT2D eigenvalue weighted by Crippen LogP contribution is 1.97. The smallest absolute Gasteiger partial charge is 0.117 e. The van der Waals surface area contributed by atoms with Crippen LogP contribution in [0.1, 0.15) is 12.7 Å². The average Bonchev–Trinajstić information content (AvgIpc) is 2.63. The minimum Gasteiger partial charge on any atom is -0.468 e. The Bertz CT molecular complexity index is 222. The lowest BCUT2D eigenvalue weighted by Crippen LogP contribution is -2.31. The van der Waals surface area contributed by atoms with Crippen molar-refractivity contribution in [3.63, 3.8) is 0 Å². The van der Waals surface area contributed by atoms with Gasteiger partial charge in [-0.15, -0.1) is 0 Å². The number of furan rings is 1. The Hall–Kier alpha value is -0.840. The third-order valence-corrected chi connectivity index (χ3v) is 1.80. The van der Waals surface area contributed by atoms with E-state index in [9.17, 15) is 0 Å². The third kappa shape index (κ3) is 5.01. The van der Waals surface area contributed by atoms with Gasteiger partial charge in [-0.2, -0.15) is 0 Å². The molecule has 4 nitrogen and oxygen atoms in total. The Morgan fingerprint density at radius 2 is 2.21 bits per heavy atom. The van der Waals surface area contributed by atoms with Gasteiger partial charge in [-0.25, -0.2) is 0 Å². The fourth-order valence-electron chi connectivity index (χ4n) is 1.11. The van der Waals surface area contributed by atoms with Gasteiger partial charge in [0.1, 0.15) is 5.76 Å². The van der Waals surface area contributed by atoms with Gasteiger partial charge in [0.15, 0.2) is 0 Å². The van der Waals surface area contributed by atoms with Gasteiger partial charge in [-0.3, -0.25) is 0 Å². The van der Waals surface area contributed by atoms with Crippen molar-refractivity contribution in [1.82, 2.24) is 10.6 Å². The van der Waals surface area contributed by atoms with Crippen molar-refractivity contribution in [2.75, 3.05) is 19.6 Å². The maximum absolute atomic E-state index is 8.96. The maximum atomic E-state index is 8.96. The maximum Gasteiger partial charge on any atom is 0.117 e. The van der Waals surface area contributed by atoms with Crippen LogP contribution in [0.15, 0.2) is 22.8 Å². The number of hydrogen-bond acceptors (Lipinski definition) is 4. The summed E-state index contributed by atoms with van der Waals surface area (Å²) in [6.45, 7) is 4.88. The lowest BCUT2D eigenvalue weighted by atomic mass is 10.4. The predicted octanol–water partition coefficient (Wildman–Crippen LogP) is 0.340. The van der Waals surface area contributed by atoms with Crippen molar-refractivity contribution in [2.45, 2.75) is 19.6 Å². The monoisotopic (exact) mass is 198 g/mol. The normalized spacial score (nSPS) is 13.0. The van der Waals surface area contributed by atoms with Gasteiger partial charge in [0.2, 0.25) is 0 Å². The highest BCUT2D eigenvalue weighted by atomic mass is 16.3. The molecule has 3 N–H and O–H groups in total. The van der Waals surface area contributed by atoms with E-state index in [4.69, 9.17) is 9.52 Å². The summed E-state index contributed by atoms with van der Waals surface area (Å²) in [6.07, 6.45) is 1.39. The Morgan fingerprint density at radius 1 is 1.43 bits per heavy atom. The molecule has 0 unspecified atom stereocenters. The molecular weight excluding hydrogens is 180 g/mol. The number of aliphatic hydroxyl groups excluding tert-OH is 1. The highest BCUT2D eigenvalue weighted by molar-refractivity contribution is 4.97. The molecule has 0 aliphatic heterocycles. The summed E-state index contributed by atoms with van der Waals surface area (Å²) < 4.78 is 5.16. The molecule has 14 heavy (non-hydrogen) atoms. The molecule has 0 spiro atoms. The fourth-order valence-corrected chi connectivity index (χ4v) is 1.11. The largest absolute Gasteiger partial charge is 0.468 e. The van der Waals surface area contributed by atoms with Crippen LogP contribution in [0.25, 0.3) is 0 Å². The molecule has 80 valence electrons. The second-order valence-electron chi connectivity index (χ2n) is 3.31. The Kier molecular flexibility index (Phi) is 5.29. The standard InChI is InChI=1S/C10H18N2O2/c1-9(13)7-11-4-5-12-8-10-3-2-6-14-10/h2-3,6,9,11-13H,4-5,7-8H2,1H3/t9-/m1/s1. The summed E-state index contributed by atoms with van der Waals surface area (Å²) in [4.78, 5) is 0. The second kappa shape index (κ2) is 6.59. The first-order valence-electron chi connectivity index (χ1n) is 4.91. The van der Waals surface area contributed by atoms with E-state index >= 15 is 0 Å². The summed E-state index contributed by atoms with van der Waals surface area (Å²) in [6, 6.07) is 3.82. The van der Waals surface area contributed by atoms with Crippen molar-refractivity contribution in [3.8, 4) is 0 Å². The van der Waals surface area contributed by atoms with Crippen molar-refractivity contribution < 1.29 is 9.52 Å². The van der Waals surface area contributed by atoms with Crippen LogP contribution in [-0.4, -0.2) is 30.8 Å². The number of aliphatic hydroxyl groups is 1. The molecule has 0 radical (unpaired) electrons. The van der Waals surface area contributed by atoms with Crippen LogP contribution >= 0.6 is 0 Å². The van der Waals surface area contributed by atoms with E-state index in [0.717, 1.165) is 25.4 Å². The third-order valence-electron chi connectivity index (χ3n) is 1.80. The molecule has 0 aliphatic rings. The topological polar surface area (TPSA) is 57.4 Å². The number of nitrogens with one attached hydrogen (secondary N) is 2. The quantitative estimate of drug-likeness (QED) is 0.553. The van der Waals surface area contributed by atoms with Crippen molar-refractivity contribution in [3.05, 3.63) is 24.2 Å². The molecule has 0 amide bonds. The van der Waals surface area contributed by atoms with E-state index in [1.807, 2.05) is 12.1 Å². The van der Waals surface area contributed by atoms with Gasteiger partial charge in [-0.1, -0.05) is 0 Å². The van der Waals surface area contributed by atoms with E-state index in [2.05, 4.69) is 10.6 Å². The van der Waals surface area contributed by atoms with E-state index in [-0.39, 0.29) is 6.10 Å². The minimum atomic E-state index is -0.278. The van der Waals surface area contributed by atoms with Crippen molar-refractivity contribution in [1.29, 1.82) is 0 Å². The summed E-state index contributed by atoms with van der Waals surface area (Å²) in [5, 5.41) is 15.3. The summed E-state index contributed by atoms with van der Waals surface area (Å²) in [7, 11) is 0. The molecular formula is C10H18N2O2. The van der Waals surface area contributed by atoms with E-state index in [0.29, 0.717) is 6.54 Å². The van der Waals surface area contributed by atoms with Gasteiger partial charge >= 0.3 is 0 Å². The second-order valence-corrected chi connectivity index (χ2v) is 3.31. The van der Waals surface area contributed by atoms with Crippen LogP contribution < -0.4 is 10.6 Å². The van der Waals surface area contributed by atoms with Gasteiger partial charge in [0.25, 0.3) is 0 Å². The summed E-state index contributed by atoms with van der Waals surface area (Å²) in [5.41, 5.74) is 0. The molecule has 0 aromatic carbocycles. The highest BCUT2D eigenvalue weighted by Gasteiger charge is 1.95. The predicted molar refractivity (Wildman–Crippen MR) is 55.0 cm³/mol. The zero-order valence-electron chi connectivity index (χ0n) is 8.49. The summed E-state index contributed by atoms with van der Waals surface area (Å²) >= 11 is 0. The van der Waals surface area contributed by atoms with Crippen LogP contribution in [0, 0.1) is 0 Å². The molecule has 1 atom stereocenters. The first kappa shape index (κ1) is 11.2. The molecule has 1 aromatic rings. The first-order chi connectivity index (χ1) is 6.79. The molecule has 1 rings (SSSR count). The van der Waals surface area contributed by atoms with Gasteiger partial charge in [0.05, 0.1) is 18.9 Å². The number of hydrogen-bond donors (Lipinski definition) is 3. The summed E-state index contributed by atoms with van der Waals surface area (Å²) in [5.74, 6) is 0.945. The Balaban J connectivity index is 1.90. The van der Waals surface area contributed by atoms with Crippen molar-refractivity contribution in [2.24, 2.45) is 0 Å². The Morgan fingerprint density at radius 3 is 2.86 bits per heavy atom.